The Labute approximate surface area is 101 Å². The van der Waals surface area contributed by atoms with E-state index in [-0.39, 0.29) is 5.91 Å². The highest BCUT2D eigenvalue weighted by Gasteiger charge is 2.09. The number of nitrogens with zero attached hydrogens (tertiary/aromatic N) is 1. The molecule has 2 aromatic heterocycles. The third-order valence-corrected chi connectivity index (χ3v) is 3.75. The molecule has 0 radical (unpaired) electrons. The minimum absolute atomic E-state index is 0.337. The first-order valence-electron chi connectivity index (χ1n) is 5.08. The normalized spacial score (nSPS) is 10.9. The number of fused-ring (bicyclic) bond motifs is 3. The van der Waals surface area contributed by atoms with Gasteiger partial charge in [0.2, 0.25) is 0 Å². The summed E-state index contributed by atoms with van der Waals surface area (Å²) in [5.41, 5.74) is 2.42. The van der Waals surface area contributed by atoms with Gasteiger partial charge in [-0.05, 0) is 12.1 Å². The van der Waals surface area contributed by atoms with Gasteiger partial charge in [0.05, 0.1) is 4.70 Å². The average Bonchev–Trinajstić information content (AvgIpc) is 2.75. The molecule has 1 amide bonds. The van der Waals surface area contributed by atoms with Crippen molar-refractivity contribution in [1.29, 1.82) is 0 Å². The van der Waals surface area contributed by atoms with Gasteiger partial charge in [-0.1, -0.05) is 18.2 Å². The molecule has 0 aliphatic carbocycles. The number of aromatic nitrogens is 1. The van der Waals surface area contributed by atoms with Gasteiger partial charge in [-0.25, -0.2) is 10.8 Å². The Hall–Kier alpha value is -1.98. The lowest BCUT2D eigenvalue weighted by Crippen LogP contribution is -2.30. The fourth-order valence-electron chi connectivity index (χ4n) is 1.83. The smallest absolute Gasteiger partial charge is 0.283 e. The van der Waals surface area contributed by atoms with Gasteiger partial charge < -0.3 is 0 Å². The Balaban J connectivity index is 2.33. The van der Waals surface area contributed by atoms with E-state index in [9.17, 15) is 4.79 Å². The molecule has 17 heavy (non-hydrogen) atoms. The van der Waals surface area contributed by atoms with Crippen LogP contribution in [0.5, 0.6) is 0 Å². The Morgan fingerprint density at radius 1 is 1.24 bits per heavy atom. The van der Waals surface area contributed by atoms with Crippen LogP contribution in [0.4, 0.5) is 0 Å². The third-order valence-electron chi connectivity index (χ3n) is 2.63. The first kappa shape index (κ1) is 10.2. The molecule has 3 N–H and O–H groups in total. The van der Waals surface area contributed by atoms with E-state index in [1.807, 2.05) is 18.2 Å². The van der Waals surface area contributed by atoms with E-state index in [0.29, 0.717) is 5.69 Å². The number of nitrogens with one attached hydrogen (secondary N) is 1. The monoisotopic (exact) mass is 243 g/mol. The van der Waals surface area contributed by atoms with E-state index in [0.717, 1.165) is 15.5 Å². The van der Waals surface area contributed by atoms with Crippen LogP contribution in [0.2, 0.25) is 0 Å². The Bertz CT molecular complexity index is 720. The SMILES string of the molecule is NNC(=O)c1cc2c(cn1)sc1ccccc12. The molecule has 2 heterocycles. The maximum absolute atomic E-state index is 11.4. The van der Waals surface area contributed by atoms with E-state index in [4.69, 9.17) is 5.84 Å². The molecule has 0 aliphatic heterocycles. The molecule has 1 aromatic carbocycles. The topological polar surface area (TPSA) is 68.0 Å². The van der Waals surface area contributed by atoms with Crippen LogP contribution in [0, 0.1) is 0 Å². The van der Waals surface area contributed by atoms with Crippen molar-refractivity contribution in [2.24, 2.45) is 5.84 Å². The quantitative estimate of drug-likeness (QED) is 0.390. The van der Waals surface area contributed by atoms with E-state index < -0.39 is 0 Å². The Morgan fingerprint density at radius 3 is 2.88 bits per heavy atom. The van der Waals surface area contributed by atoms with Crippen molar-refractivity contribution >= 4 is 37.4 Å². The third kappa shape index (κ3) is 1.56. The number of thiophene rings is 1. The highest BCUT2D eigenvalue weighted by molar-refractivity contribution is 7.25. The zero-order chi connectivity index (χ0) is 11.8. The first-order chi connectivity index (χ1) is 8.29. The highest BCUT2D eigenvalue weighted by Crippen LogP contribution is 2.33. The summed E-state index contributed by atoms with van der Waals surface area (Å²) in [4.78, 5) is 15.5. The lowest BCUT2D eigenvalue weighted by atomic mass is 10.1. The zero-order valence-electron chi connectivity index (χ0n) is 8.81. The predicted octanol–water partition coefficient (Wildman–Crippen LogP) is 2.05. The number of carbonyl (C=O) groups excluding carboxylic acids is 1. The molecule has 84 valence electrons. The van der Waals surface area contributed by atoms with Gasteiger partial charge in [0.15, 0.2) is 0 Å². The molecule has 3 aromatic rings. The number of hydrazine groups is 1. The standard InChI is InChI=1S/C12H9N3OS/c13-15-12(16)9-5-8-7-3-1-2-4-10(7)17-11(8)6-14-9/h1-6H,13H2,(H,15,16). The van der Waals surface area contributed by atoms with E-state index in [2.05, 4.69) is 16.5 Å². The summed E-state index contributed by atoms with van der Waals surface area (Å²) in [6, 6.07) is 9.85. The second-order valence-corrected chi connectivity index (χ2v) is 4.72. The molecule has 0 bridgehead atoms. The largest absolute Gasteiger partial charge is 0.289 e. The number of benzene rings is 1. The van der Waals surface area contributed by atoms with E-state index in [1.54, 1.807) is 23.6 Å². The molecule has 0 unspecified atom stereocenters. The fourth-order valence-corrected chi connectivity index (χ4v) is 2.89. The van der Waals surface area contributed by atoms with Crippen molar-refractivity contribution in [3.8, 4) is 0 Å². The number of pyridine rings is 1. The lowest BCUT2D eigenvalue weighted by molar-refractivity contribution is 0.0949. The Kier molecular flexibility index (Phi) is 2.28. The Morgan fingerprint density at radius 2 is 2.06 bits per heavy atom. The van der Waals surface area contributed by atoms with E-state index >= 15 is 0 Å². The van der Waals surface area contributed by atoms with Crippen molar-refractivity contribution in [1.82, 2.24) is 10.4 Å². The van der Waals surface area contributed by atoms with Crippen molar-refractivity contribution in [2.75, 3.05) is 0 Å². The predicted molar refractivity (Wildman–Crippen MR) is 68.8 cm³/mol. The first-order valence-corrected chi connectivity index (χ1v) is 5.89. The molecular weight excluding hydrogens is 234 g/mol. The van der Waals surface area contributed by atoms with Gasteiger partial charge in [-0.2, -0.15) is 0 Å². The van der Waals surface area contributed by atoms with Crippen LogP contribution in [0.3, 0.4) is 0 Å². The second kappa shape index (κ2) is 3.80. The summed E-state index contributed by atoms with van der Waals surface area (Å²) in [5, 5.41) is 2.18. The summed E-state index contributed by atoms with van der Waals surface area (Å²) in [5.74, 6) is 4.73. The van der Waals surface area contributed by atoms with Crippen LogP contribution in [-0.4, -0.2) is 10.9 Å². The van der Waals surface area contributed by atoms with Gasteiger partial charge >= 0.3 is 0 Å². The van der Waals surface area contributed by atoms with E-state index in [1.165, 1.54) is 4.70 Å². The lowest BCUT2D eigenvalue weighted by Gasteiger charge is -1.98. The number of rotatable bonds is 1. The molecule has 0 aliphatic rings. The van der Waals surface area contributed by atoms with Gasteiger partial charge in [-0.15, -0.1) is 11.3 Å². The van der Waals surface area contributed by atoms with Crippen molar-refractivity contribution in [3.05, 3.63) is 42.2 Å². The summed E-state index contributed by atoms with van der Waals surface area (Å²) in [6.45, 7) is 0. The molecule has 0 saturated carbocycles. The van der Waals surface area contributed by atoms with Crippen LogP contribution < -0.4 is 11.3 Å². The molecule has 0 fully saturated rings. The molecule has 0 spiro atoms. The number of carbonyl (C=O) groups is 1. The molecule has 5 heteroatoms. The van der Waals surface area contributed by atoms with Crippen molar-refractivity contribution < 1.29 is 4.79 Å². The maximum atomic E-state index is 11.4. The van der Waals surface area contributed by atoms with Crippen LogP contribution in [-0.2, 0) is 0 Å². The van der Waals surface area contributed by atoms with Gasteiger partial charge in [0, 0.05) is 21.7 Å². The average molecular weight is 243 g/mol. The molecule has 3 rings (SSSR count). The summed E-state index contributed by atoms with van der Waals surface area (Å²) in [6.07, 6.45) is 1.71. The molecule has 4 nitrogen and oxygen atoms in total. The van der Waals surface area contributed by atoms with Crippen LogP contribution >= 0.6 is 11.3 Å². The summed E-state index contributed by atoms with van der Waals surface area (Å²) >= 11 is 1.66. The van der Waals surface area contributed by atoms with Gasteiger partial charge in [-0.3, -0.25) is 10.2 Å². The molecular formula is C12H9N3OS. The fraction of sp³-hybridized carbons (Fsp3) is 0. The minimum atomic E-state index is -0.373. The van der Waals surface area contributed by atoms with Crippen molar-refractivity contribution in [3.63, 3.8) is 0 Å². The van der Waals surface area contributed by atoms with Crippen LogP contribution in [0.25, 0.3) is 20.2 Å². The number of nitrogen functional groups attached to an aromatic ring is 1. The van der Waals surface area contributed by atoms with Crippen LogP contribution in [0.15, 0.2) is 36.5 Å². The highest BCUT2D eigenvalue weighted by atomic mass is 32.1. The maximum Gasteiger partial charge on any atom is 0.283 e. The van der Waals surface area contributed by atoms with Gasteiger partial charge in [0.1, 0.15) is 5.69 Å². The van der Waals surface area contributed by atoms with Crippen LogP contribution in [0.1, 0.15) is 10.5 Å². The second-order valence-electron chi connectivity index (χ2n) is 3.64. The minimum Gasteiger partial charge on any atom is -0.289 e. The number of nitrogens with two attached hydrogens (primary N) is 1. The van der Waals surface area contributed by atoms with Gasteiger partial charge in [0.25, 0.3) is 5.91 Å². The molecule has 0 saturated heterocycles. The molecule has 0 atom stereocenters. The van der Waals surface area contributed by atoms with Crippen molar-refractivity contribution in [2.45, 2.75) is 0 Å². The number of hydrogen-bond donors (Lipinski definition) is 2. The summed E-state index contributed by atoms with van der Waals surface area (Å²) < 4.78 is 2.26. The zero-order valence-corrected chi connectivity index (χ0v) is 9.62. The number of amides is 1. The summed E-state index contributed by atoms with van der Waals surface area (Å²) in [7, 11) is 0. The number of hydrogen-bond acceptors (Lipinski definition) is 4.